The Morgan fingerprint density at radius 2 is 0.447 bits per heavy atom. The first-order chi connectivity index (χ1) is 21.9. The molecule has 0 aliphatic heterocycles. The van der Waals surface area contributed by atoms with E-state index in [-0.39, 0.29) is 85.6 Å². The van der Waals surface area contributed by atoms with E-state index in [0.29, 0.717) is 599 Å². The Morgan fingerprint density at radius 3 is 0.723 bits per heavy atom. The summed E-state index contributed by atoms with van der Waals surface area (Å²) in [4.78, 5) is 0. The zero-order valence-electron chi connectivity index (χ0n) is 32.4. The Balaban J connectivity index is 1.72. The van der Waals surface area contributed by atoms with Crippen LogP contribution in [0.25, 0.3) is 43.1 Å². The van der Waals surface area contributed by atoms with Crippen LogP contribution in [0.1, 0.15) is 11.1 Å². The predicted octanol–water partition coefficient (Wildman–Crippen LogP) is -8.78. The Kier molecular flexibility index (Phi) is 29.8. The normalized spacial score (nSPS) is 11.4. The van der Waals surface area contributed by atoms with Crippen LogP contribution in [-0.4, -0.2) is 0 Å². The molecule has 0 aliphatic rings. The molecule has 6 aromatic rings. The quantitative estimate of drug-likeness (QED) is 0.157. The summed E-state index contributed by atoms with van der Waals surface area (Å²) in [5.74, 6) is 3.08. The van der Waals surface area contributed by atoms with Crippen LogP contribution in [0.2, 0.25) is 0 Å². The van der Waals surface area contributed by atoms with Gasteiger partial charge in [-0.3, -0.25) is 0 Å². The van der Waals surface area contributed by atoms with E-state index in [1.54, 1.807) is 11.5 Å². The van der Waals surface area contributed by atoms with Gasteiger partial charge >= 0.3 is 779 Å². The minimum atomic E-state index is 0.254. The number of ether oxygens (including phenoxy) is 1. The summed E-state index contributed by atoms with van der Waals surface area (Å²) in [7, 11) is 0. The first-order valence-corrected chi connectivity index (χ1v) is 83.2. The van der Waals surface area contributed by atoms with Crippen LogP contribution in [0.4, 0.5) is 0 Å². The molecule has 0 heterocycles. The van der Waals surface area contributed by atoms with Crippen molar-refractivity contribution in [3.63, 3.8) is 0 Å². The fourth-order valence-electron chi connectivity index (χ4n) is 9.54. The van der Waals surface area contributed by atoms with Gasteiger partial charge in [-0.25, -0.2) is 0 Å². The number of hydrogen-bond acceptors (Lipinski definition) is 1. The van der Waals surface area contributed by atoms with Crippen molar-refractivity contribution in [2.45, 2.75) is 13.8 Å². The average molecular weight is 4010 g/mol. The third-order valence-corrected chi connectivity index (χ3v) is 158. The molecule has 6 rings (SSSR count). The Labute approximate surface area is 745 Å². The predicted molar refractivity (Wildman–Crippen MR) is 149 cm³/mol. The molecule has 0 radical (unpaired) electrons. The van der Waals surface area contributed by atoms with Crippen molar-refractivity contribution < 1.29 is 689 Å². The molecule has 0 atom stereocenters. The van der Waals surface area contributed by atoms with E-state index < -0.39 is 0 Å². The van der Waals surface area contributed by atoms with Crippen LogP contribution in [0.15, 0.2) is 0 Å². The van der Waals surface area contributed by atoms with Crippen LogP contribution in [0.3, 0.4) is 0 Å². The second-order valence-corrected chi connectivity index (χ2v) is 80.8. The summed E-state index contributed by atoms with van der Waals surface area (Å²) in [5, 5.41) is 15.3. The van der Waals surface area contributed by atoms with Crippen molar-refractivity contribution in [3.05, 3.63) is 11.1 Å². The number of fused-ring (bicyclic) bond motifs is 4. The number of hydrogen-bond donors (Lipinski definition) is 0. The van der Waals surface area contributed by atoms with Crippen LogP contribution in [-0.2, 0) is 0 Å². The summed E-state index contributed by atoms with van der Waals surface area (Å²) in [5.41, 5.74) is 3.64. The van der Waals surface area contributed by atoms with Crippen LogP contribution < -0.4 is 14.4 Å². The van der Waals surface area contributed by atoms with E-state index in [4.69, 9.17) is 4.74 Å². The summed E-state index contributed by atoms with van der Waals surface area (Å²) in [6.45, 7) is 5.09. The van der Waals surface area contributed by atoms with Gasteiger partial charge in [0, 0.05) is 0 Å². The first-order valence-electron chi connectivity index (χ1n) is 17.4. The summed E-state index contributed by atoms with van der Waals surface area (Å²) in [6.07, 6.45) is 0. The van der Waals surface area contributed by atoms with Crippen molar-refractivity contribution in [2.24, 2.45) is 0 Å². The fraction of sp³-hybridized carbons (Fsp3) is 0.0667. The molecular formula is C30H22ORa16. The van der Waals surface area contributed by atoms with Gasteiger partial charge in [0.1, 0.15) is 0 Å². The zero-order chi connectivity index (χ0) is 34.9. The van der Waals surface area contributed by atoms with Crippen molar-refractivity contribution in [1.82, 2.24) is 0 Å². The second-order valence-electron chi connectivity index (χ2n) is 15.0. The topological polar surface area (TPSA) is 9.23 Å². The molecule has 0 spiro atoms. The van der Waals surface area contributed by atoms with E-state index in [1.807, 2.05) is 63.9 Å². The molecule has 0 amide bonds. The van der Waals surface area contributed by atoms with Crippen molar-refractivity contribution in [2.75, 3.05) is 0 Å². The molecule has 6 aromatic carbocycles. The third kappa shape index (κ3) is 11.6. The molecule has 0 bridgehead atoms. The summed E-state index contributed by atoms with van der Waals surface area (Å²) in [6, 6.07) is 0. The standard InChI is InChI=1S/C30H6O.16Ra.16H/c1-19-3-5-21-15-27-17-29(9-7-23(27)13-25(21)11-19)31-30-10-8-24-14-26-12-20(2)4-6-22(26)16-28(24)18-30;;;;;;;;;;;;;;;;;;;;;;;;;;;;;;;;/h1-2H3;;;;;;;;;;;;;;;;;;;;;;;;;;;;;;;;. The van der Waals surface area contributed by atoms with Gasteiger partial charge in [0.25, 0.3) is 0 Å². The van der Waals surface area contributed by atoms with Crippen molar-refractivity contribution >= 4 is 52.8 Å². The minimum absolute atomic E-state index is 0.254. The van der Waals surface area contributed by atoms with Crippen LogP contribution >= 0.6 is 0 Å². The Hall–Kier alpha value is 19.6. The van der Waals surface area contributed by atoms with Crippen LogP contribution in [0, 0.1) is 699 Å². The van der Waals surface area contributed by atoms with Gasteiger partial charge in [-0.05, 0) is 0 Å². The van der Waals surface area contributed by atoms with Gasteiger partial charge in [-0.1, -0.05) is 0 Å². The molecule has 0 aromatic heterocycles. The maximum absolute atomic E-state index is 7.75. The maximum atomic E-state index is 7.75. The Morgan fingerprint density at radius 1 is 0.234 bits per heavy atom. The molecular weight excluding hydrogens is 3990 g/mol. The second kappa shape index (κ2) is 25.0. The molecule has 0 saturated heterocycles. The molecule has 47 heavy (non-hydrogen) atoms. The molecule has 17 heteroatoms. The molecule has 0 unspecified atom stereocenters. The molecule has 0 N–H and O–H groups in total. The van der Waals surface area contributed by atoms with Crippen molar-refractivity contribution in [3.8, 4) is 11.5 Å². The van der Waals surface area contributed by atoms with Gasteiger partial charge in [0.2, 0.25) is 0 Å². The third-order valence-electron chi connectivity index (χ3n) is 13.1. The van der Waals surface area contributed by atoms with Gasteiger partial charge in [0.05, 0.1) is 0 Å². The van der Waals surface area contributed by atoms with E-state index in [2.05, 4.69) is 13.8 Å². The van der Waals surface area contributed by atoms with Crippen LogP contribution in [0.5, 0.6) is 11.5 Å². The van der Waals surface area contributed by atoms with Gasteiger partial charge in [-0.15, -0.1) is 0 Å². The van der Waals surface area contributed by atoms with E-state index in [9.17, 15) is 0 Å². The SMILES string of the molecule is Cc1[c]([RaH])[c]([RaH])c2[c]([RaH])c3[c]([RaH])c(Oc4[c]([RaH])[c]([RaH])c5[c]([RaH])c6[c]([RaH])c(C)[c]([RaH])[c]([RaH])c6[c]([RaH])c5[c]4[RaH])[c]([RaH])[c]([RaH])c3[c]([RaH])c2[c]1[RaH]. The van der Waals surface area contributed by atoms with E-state index in [0.717, 1.165) is 0 Å². The summed E-state index contributed by atoms with van der Waals surface area (Å²) < 4.78 is 38.5. The molecule has 180 valence electrons. The fourth-order valence-corrected chi connectivity index (χ4v) is 175. The molecule has 0 fully saturated rings. The average Bonchev–Trinajstić information content (AvgIpc) is 3.03. The molecule has 1 nitrogen and oxygen atoms in total. The zero-order valence-corrected chi connectivity index (χ0v) is 164. The Bertz CT molecular complexity index is 2300. The monoisotopic (exact) mass is 4010 g/mol. The van der Waals surface area contributed by atoms with E-state index in [1.165, 1.54) is 0 Å². The molecule has 0 saturated carbocycles. The first kappa shape index (κ1) is 55.9. The van der Waals surface area contributed by atoms with E-state index >= 15 is 0 Å². The van der Waals surface area contributed by atoms with Gasteiger partial charge < -0.3 is 0 Å². The molecule has 0 aliphatic carbocycles. The van der Waals surface area contributed by atoms with Crippen molar-refractivity contribution in [1.29, 1.82) is 0 Å². The summed E-state index contributed by atoms with van der Waals surface area (Å²) >= 11 is 5.80. The number of benzene rings is 6. The van der Waals surface area contributed by atoms with Gasteiger partial charge in [-0.2, -0.15) is 0 Å². The number of rotatable bonds is 2. The van der Waals surface area contributed by atoms with Gasteiger partial charge in [0.15, 0.2) is 0 Å².